The van der Waals surface area contributed by atoms with Gasteiger partial charge in [0.2, 0.25) is 0 Å². The van der Waals surface area contributed by atoms with Gasteiger partial charge in [-0.05, 0) is 54.6 Å². The van der Waals surface area contributed by atoms with E-state index >= 15 is 0 Å². The molecule has 0 saturated heterocycles. The van der Waals surface area contributed by atoms with Gasteiger partial charge in [-0.3, -0.25) is 9.00 Å². The zero-order chi connectivity index (χ0) is 19.9. The highest BCUT2D eigenvalue weighted by molar-refractivity contribution is 7.98. The average Bonchev–Trinajstić information content (AvgIpc) is 3.17. The summed E-state index contributed by atoms with van der Waals surface area (Å²) in [5, 5.41) is 3.30. The summed E-state index contributed by atoms with van der Waals surface area (Å²) < 4.78 is 18.0. The predicted octanol–water partition coefficient (Wildman–Crippen LogP) is 4.94. The SMILES string of the molecule is CSc1ccc(CCNC(=O)c2ccc(CS(=O)c3ccccc3Cl)o2)cc1. The van der Waals surface area contributed by atoms with Crippen molar-refractivity contribution in [1.82, 2.24) is 5.32 Å². The molecule has 0 fully saturated rings. The van der Waals surface area contributed by atoms with Gasteiger partial charge in [-0.1, -0.05) is 35.9 Å². The summed E-state index contributed by atoms with van der Waals surface area (Å²) in [6.07, 6.45) is 2.78. The topological polar surface area (TPSA) is 59.3 Å². The largest absolute Gasteiger partial charge is 0.455 e. The molecule has 0 saturated carbocycles. The Morgan fingerprint density at radius 3 is 2.57 bits per heavy atom. The molecule has 3 rings (SSSR count). The lowest BCUT2D eigenvalue weighted by Crippen LogP contribution is -2.25. The highest BCUT2D eigenvalue weighted by Crippen LogP contribution is 2.22. The monoisotopic (exact) mass is 433 g/mol. The first kappa shape index (κ1) is 20.7. The smallest absolute Gasteiger partial charge is 0.287 e. The summed E-state index contributed by atoms with van der Waals surface area (Å²) in [6.45, 7) is 0.513. The Morgan fingerprint density at radius 1 is 1.11 bits per heavy atom. The maximum atomic E-state index is 12.5. The molecule has 4 nitrogen and oxygen atoms in total. The van der Waals surface area contributed by atoms with Crippen LogP contribution in [0, 0.1) is 0 Å². The number of thioether (sulfide) groups is 1. The van der Waals surface area contributed by atoms with Gasteiger partial charge in [-0.2, -0.15) is 0 Å². The molecule has 1 amide bonds. The molecule has 0 aliphatic heterocycles. The van der Waals surface area contributed by atoms with Crippen LogP contribution in [0.25, 0.3) is 0 Å². The van der Waals surface area contributed by atoms with E-state index in [-0.39, 0.29) is 17.4 Å². The predicted molar refractivity (Wildman–Crippen MR) is 115 cm³/mol. The van der Waals surface area contributed by atoms with Crippen LogP contribution in [0.2, 0.25) is 5.02 Å². The maximum absolute atomic E-state index is 12.5. The van der Waals surface area contributed by atoms with Crippen LogP contribution in [0.4, 0.5) is 0 Å². The van der Waals surface area contributed by atoms with E-state index in [1.54, 1.807) is 48.2 Å². The third-order valence-corrected chi connectivity index (χ3v) is 6.68. The van der Waals surface area contributed by atoms with Crippen molar-refractivity contribution in [3.05, 3.63) is 82.8 Å². The average molecular weight is 434 g/mol. The lowest BCUT2D eigenvalue weighted by molar-refractivity contribution is 0.0925. The van der Waals surface area contributed by atoms with E-state index in [0.29, 0.717) is 22.2 Å². The highest BCUT2D eigenvalue weighted by atomic mass is 35.5. The van der Waals surface area contributed by atoms with Gasteiger partial charge in [0.25, 0.3) is 5.91 Å². The summed E-state index contributed by atoms with van der Waals surface area (Å²) in [6, 6.07) is 18.5. The number of hydrogen-bond donors (Lipinski definition) is 1. The summed E-state index contributed by atoms with van der Waals surface area (Å²) in [5.41, 5.74) is 1.16. The lowest BCUT2D eigenvalue weighted by Gasteiger charge is -2.05. The molecular weight excluding hydrogens is 414 g/mol. The quantitative estimate of drug-likeness (QED) is 0.511. The number of hydrogen-bond acceptors (Lipinski definition) is 4. The van der Waals surface area contributed by atoms with E-state index in [2.05, 4.69) is 29.6 Å². The number of furan rings is 1. The van der Waals surface area contributed by atoms with Crippen LogP contribution in [0.15, 0.2) is 74.9 Å². The molecule has 1 unspecified atom stereocenters. The van der Waals surface area contributed by atoms with E-state index in [0.717, 1.165) is 12.0 Å². The number of amides is 1. The van der Waals surface area contributed by atoms with Gasteiger partial charge in [0.05, 0.1) is 26.5 Å². The number of benzene rings is 2. The second-order valence-corrected chi connectivity index (χ2v) is 8.75. The van der Waals surface area contributed by atoms with Gasteiger partial charge in [0, 0.05) is 11.4 Å². The van der Waals surface area contributed by atoms with Gasteiger partial charge in [-0.15, -0.1) is 11.8 Å². The van der Waals surface area contributed by atoms with E-state index in [1.807, 2.05) is 6.26 Å². The molecule has 7 heteroatoms. The molecule has 1 atom stereocenters. The molecule has 3 aromatic rings. The number of halogens is 1. The Hall–Kier alpha value is -2.02. The Kier molecular flexibility index (Phi) is 7.36. The molecule has 1 N–H and O–H groups in total. The normalized spacial score (nSPS) is 11.9. The molecule has 146 valence electrons. The third-order valence-electron chi connectivity index (χ3n) is 4.10. The second-order valence-electron chi connectivity index (χ2n) is 6.04. The van der Waals surface area contributed by atoms with Crippen LogP contribution in [-0.4, -0.2) is 22.9 Å². The van der Waals surface area contributed by atoms with Crippen molar-refractivity contribution < 1.29 is 13.4 Å². The van der Waals surface area contributed by atoms with Crippen LogP contribution in [0.5, 0.6) is 0 Å². The van der Waals surface area contributed by atoms with Crippen LogP contribution < -0.4 is 5.32 Å². The van der Waals surface area contributed by atoms with Crippen LogP contribution >= 0.6 is 23.4 Å². The Balaban J connectivity index is 1.52. The fourth-order valence-corrected chi connectivity index (χ4v) is 4.50. The molecule has 0 bridgehead atoms. The number of rotatable bonds is 8. The van der Waals surface area contributed by atoms with Crippen molar-refractivity contribution in [2.45, 2.75) is 22.0 Å². The fourth-order valence-electron chi connectivity index (χ4n) is 2.61. The number of carbonyl (C=O) groups is 1. The number of carbonyl (C=O) groups excluding carboxylic acids is 1. The Labute approximate surface area is 176 Å². The third kappa shape index (κ3) is 5.50. The first-order valence-corrected chi connectivity index (χ1v) is 11.6. The Bertz CT molecular complexity index is 970. The maximum Gasteiger partial charge on any atom is 0.287 e. The lowest BCUT2D eigenvalue weighted by atomic mass is 10.1. The van der Waals surface area contributed by atoms with E-state index in [4.69, 9.17) is 16.0 Å². The molecule has 1 aromatic heterocycles. The minimum Gasteiger partial charge on any atom is -0.455 e. The van der Waals surface area contributed by atoms with Crippen molar-refractivity contribution in [1.29, 1.82) is 0 Å². The van der Waals surface area contributed by atoms with Gasteiger partial charge in [0.1, 0.15) is 5.76 Å². The molecule has 0 spiro atoms. The zero-order valence-corrected chi connectivity index (χ0v) is 17.7. The van der Waals surface area contributed by atoms with Gasteiger partial charge in [-0.25, -0.2) is 0 Å². The summed E-state index contributed by atoms with van der Waals surface area (Å²) in [7, 11) is -1.34. The molecule has 0 aliphatic carbocycles. The van der Waals surface area contributed by atoms with Crippen molar-refractivity contribution in [2.24, 2.45) is 0 Å². The molecule has 1 heterocycles. The first-order chi connectivity index (χ1) is 13.6. The van der Waals surface area contributed by atoms with Gasteiger partial charge < -0.3 is 9.73 Å². The van der Waals surface area contributed by atoms with Crippen molar-refractivity contribution in [3.63, 3.8) is 0 Å². The summed E-state index contributed by atoms with van der Waals surface area (Å²) >= 11 is 7.77. The minimum absolute atomic E-state index is 0.165. The zero-order valence-electron chi connectivity index (χ0n) is 15.3. The van der Waals surface area contributed by atoms with Gasteiger partial charge in [0.15, 0.2) is 5.76 Å². The van der Waals surface area contributed by atoms with Crippen LogP contribution in [0.1, 0.15) is 21.9 Å². The minimum atomic E-state index is -1.34. The Morgan fingerprint density at radius 2 is 1.86 bits per heavy atom. The molecule has 0 radical (unpaired) electrons. The molecular formula is C21H20ClNO3S2. The van der Waals surface area contributed by atoms with E-state index in [9.17, 15) is 9.00 Å². The van der Waals surface area contributed by atoms with E-state index in [1.165, 1.54) is 4.90 Å². The van der Waals surface area contributed by atoms with Crippen LogP contribution in [0.3, 0.4) is 0 Å². The standard InChI is InChI=1S/C21H20ClNO3S2/c1-27-17-9-6-15(7-10-17)12-13-23-21(24)19-11-8-16(26-19)14-28(25)20-5-3-2-4-18(20)22/h2-11H,12-14H2,1H3,(H,23,24). The highest BCUT2D eigenvalue weighted by Gasteiger charge is 2.14. The molecule has 28 heavy (non-hydrogen) atoms. The van der Waals surface area contributed by atoms with Crippen molar-refractivity contribution in [3.8, 4) is 0 Å². The fraction of sp³-hybridized carbons (Fsp3) is 0.190. The molecule has 2 aromatic carbocycles. The summed E-state index contributed by atoms with van der Waals surface area (Å²) in [5.74, 6) is 0.578. The van der Waals surface area contributed by atoms with E-state index < -0.39 is 10.8 Å². The molecule has 0 aliphatic rings. The van der Waals surface area contributed by atoms with Crippen molar-refractivity contribution in [2.75, 3.05) is 12.8 Å². The first-order valence-electron chi connectivity index (χ1n) is 8.69. The van der Waals surface area contributed by atoms with Gasteiger partial charge >= 0.3 is 0 Å². The van der Waals surface area contributed by atoms with Crippen molar-refractivity contribution >= 4 is 40.1 Å². The summed E-state index contributed by atoms with van der Waals surface area (Å²) in [4.78, 5) is 14.0. The second kappa shape index (κ2) is 9.96. The number of nitrogens with one attached hydrogen (secondary N) is 1. The van der Waals surface area contributed by atoms with Crippen LogP contribution in [-0.2, 0) is 23.0 Å².